The number of hydrogen-bond acceptors (Lipinski definition) is 3. The molecule has 1 aromatic carbocycles. The van der Waals surface area contributed by atoms with Gasteiger partial charge in [-0.05, 0) is 36.0 Å². The summed E-state index contributed by atoms with van der Waals surface area (Å²) in [6, 6.07) is 5.63. The molecule has 0 fully saturated rings. The number of nitrogen functional groups attached to an aromatic ring is 2. The summed E-state index contributed by atoms with van der Waals surface area (Å²) in [7, 11) is 0. The van der Waals surface area contributed by atoms with Crippen LogP contribution in [0.2, 0.25) is 0 Å². The molecule has 0 saturated heterocycles. The van der Waals surface area contributed by atoms with Crippen LogP contribution < -0.4 is 16.8 Å². The average Bonchev–Trinajstić information content (AvgIpc) is 2.27. The molecular formula is C16H29N3. The maximum atomic E-state index is 5.95. The van der Waals surface area contributed by atoms with E-state index >= 15 is 0 Å². The molecule has 1 aromatic rings. The van der Waals surface area contributed by atoms with Crippen LogP contribution in [0.15, 0.2) is 18.2 Å². The fourth-order valence-corrected chi connectivity index (χ4v) is 2.15. The van der Waals surface area contributed by atoms with Gasteiger partial charge in [0.25, 0.3) is 0 Å². The first-order valence-electron chi connectivity index (χ1n) is 7.19. The van der Waals surface area contributed by atoms with Gasteiger partial charge in [0.1, 0.15) is 0 Å². The van der Waals surface area contributed by atoms with Gasteiger partial charge in [-0.2, -0.15) is 0 Å². The highest BCUT2D eigenvalue weighted by Crippen LogP contribution is 2.27. The quantitative estimate of drug-likeness (QED) is 0.648. The Labute approximate surface area is 117 Å². The molecule has 0 saturated carbocycles. The van der Waals surface area contributed by atoms with Gasteiger partial charge in [-0.25, -0.2) is 0 Å². The van der Waals surface area contributed by atoms with E-state index in [0.29, 0.717) is 5.69 Å². The van der Waals surface area contributed by atoms with Crippen LogP contribution in [-0.4, -0.2) is 6.54 Å². The Bertz CT molecular complexity index is 397. The van der Waals surface area contributed by atoms with E-state index in [9.17, 15) is 0 Å². The number of nitrogens with two attached hydrogens (primary N) is 2. The molecular weight excluding hydrogens is 234 g/mol. The van der Waals surface area contributed by atoms with Gasteiger partial charge in [0.15, 0.2) is 0 Å². The molecule has 19 heavy (non-hydrogen) atoms. The summed E-state index contributed by atoms with van der Waals surface area (Å²) in [5, 5.41) is 3.44. The summed E-state index contributed by atoms with van der Waals surface area (Å²) >= 11 is 0. The van der Waals surface area contributed by atoms with Gasteiger partial charge in [-0.15, -0.1) is 0 Å². The number of hydrogen-bond donors (Lipinski definition) is 3. The van der Waals surface area contributed by atoms with Crippen molar-refractivity contribution in [1.82, 2.24) is 0 Å². The largest absolute Gasteiger partial charge is 0.399 e. The minimum atomic E-state index is 0.280. The normalized spacial score (nSPS) is 11.8. The van der Waals surface area contributed by atoms with Gasteiger partial charge in [-0.3, -0.25) is 0 Å². The zero-order chi connectivity index (χ0) is 14.5. The van der Waals surface area contributed by atoms with Gasteiger partial charge in [0.05, 0.1) is 11.4 Å². The molecule has 0 spiro atoms. The van der Waals surface area contributed by atoms with Crippen molar-refractivity contribution in [3.63, 3.8) is 0 Å². The standard InChI is InChI=1S/C16H29N3/c1-12(2)6-5-9-16(3,4)11-19-15-8-7-13(17)10-14(15)18/h7-8,10,12,19H,5-6,9,11,17-18H2,1-4H3. The molecule has 3 nitrogen and oxygen atoms in total. The number of anilines is 3. The summed E-state index contributed by atoms with van der Waals surface area (Å²) in [6.45, 7) is 10.1. The van der Waals surface area contributed by atoms with E-state index in [2.05, 4.69) is 33.0 Å². The number of rotatable bonds is 7. The predicted octanol–water partition coefficient (Wildman–Crippen LogP) is 4.12. The third kappa shape index (κ3) is 5.86. The van der Waals surface area contributed by atoms with E-state index in [4.69, 9.17) is 11.5 Å². The predicted molar refractivity (Wildman–Crippen MR) is 86.2 cm³/mol. The van der Waals surface area contributed by atoms with Crippen molar-refractivity contribution < 1.29 is 0 Å². The molecule has 0 amide bonds. The molecule has 0 aliphatic rings. The van der Waals surface area contributed by atoms with Crippen LogP contribution in [0.3, 0.4) is 0 Å². The summed E-state index contributed by atoms with van der Waals surface area (Å²) in [6.07, 6.45) is 3.81. The summed E-state index contributed by atoms with van der Waals surface area (Å²) < 4.78 is 0. The van der Waals surface area contributed by atoms with E-state index in [1.54, 1.807) is 6.07 Å². The monoisotopic (exact) mass is 263 g/mol. The van der Waals surface area contributed by atoms with Crippen LogP contribution in [0.1, 0.15) is 47.0 Å². The van der Waals surface area contributed by atoms with Gasteiger partial charge in [0, 0.05) is 12.2 Å². The topological polar surface area (TPSA) is 64.1 Å². The smallest absolute Gasteiger partial charge is 0.0575 e. The van der Waals surface area contributed by atoms with Crippen molar-refractivity contribution in [1.29, 1.82) is 0 Å². The lowest BCUT2D eigenvalue weighted by Gasteiger charge is -2.26. The molecule has 0 bridgehead atoms. The Morgan fingerprint density at radius 2 is 1.89 bits per heavy atom. The second-order valence-corrected chi connectivity index (χ2v) is 6.65. The second-order valence-electron chi connectivity index (χ2n) is 6.65. The first-order valence-corrected chi connectivity index (χ1v) is 7.19. The molecule has 0 unspecified atom stereocenters. The Hall–Kier alpha value is -1.38. The van der Waals surface area contributed by atoms with Gasteiger partial charge < -0.3 is 16.8 Å². The highest BCUT2D eigenvalue weighted by atomic mass is 14.9. The van der Waals surface area contributed by atoms with Crippen molar-refractivity contribution >= 4 is 17.1 Å². The highest BCUT2D eigenvalue weighted by molar-refractivity contribution is 5.70. The van der Waals surface area contributed by atoms with Crippen LogP contribution in [-0.2, 0) is 0 Å². The Morgan fingerprint density at radius 3 is 2.47 bits per heavy atom. The van der Waals surface area contributed by atoms with E-state index in [0.717, 1.165) is 23.8 Å². The Morgan fingerprint density at radius 1 is 1.21 bits per heavy atom. The molecule has 3 heteroatoms. The van der Waals surface area contributed by atoms with Crippen molar-refractivity contribution in [2.75, 3.05) is 23.3 Å². The zero-order valence-corrected chi connectivity index (χ0v) is 12.8. The zero-order valence-electron chi connectivity index (χ0n) is 12.8. The molecule has 108 valence electrons. The first-order chi connectivity index (χ1) is 8.80. The van der Waals surface area contributed by atoms with E-state index < -0.39 is 0 Å². The lowest BCUT2D eigenvalue weighted by Crippen LogP contribution is -2.23. The van der Waals surface area contributed by atoms with E-state index in [1.165, 1.54) is 19.3 Å². The van der Waals surface area contributed by atoms with E-state index in [1.807, 2.05) is 12.1 Å². The van der Waals surface area contributed by atoms with Gasteiger partial charge in [-0.1, -0.05) is 40.5 Å². The molecule has 1 rings (SSSR count). The molecule has 0 aliphatic heterocycles. The van der Waals surface area contributed by atoms with Crippen LogP contribution in [0.4, 0.5) is 17.1 Å². The maximum absolute atomic E-state index is 5.95. The molecule has 0 heterocycles. The van der Waals surface area contributed by atoms with Gasteiger partial charge >= 0.3 is 0 Å². The van der Waals surface area contributed by atoms with Crippen molar-refractivity contribution in [3.05, 3.63) is 18.2 Å². The molecule has 0 radical (unpaired) electrons. The molecule has 0 aromatic heterocycles. The fraction of sp³-hybridized carbons (Fsp3) is 0.625. The minimum absolute atomic E-state index is 0.280. The summed E-state index contributed by atoms with van der Waals surface area (Å²) in [5.74, 6) is 0.788. The highest BCUT2D eigenvalue weighted by Gasteiger charge is 2.17. The van der Waals surface area contributed by atoms with Crippen LogP contribution in [0.5, 0.6) is 0 Å². The Kier molecular flexibility index (Phi) is 5.52. The van der Waals surface area contributed by atoms with Crippen molar-refractivity contribution in [3.8, 4) is 0 Å². The lowest BCUT2D eigenvalue weighted by molar-refractivity contribution is 0.332. The van der Waals surface area contributed by atoms with E-state index in [-0.39, 0.29) is 5.41 Å². The first kappa shape index (κ1) is 15.7. The second kappa shape index (κ2) is 6.69. The van der Waals surface area contributed by atoms with Crippen LogP contribution in [0, 0.1) is 11.3 Å². The minimum Gasteiger partial charge on any atom is -0.399 e. The van der Waals surface area contributed by atoms with Crippen LogP contribution >= 0.6 is 0 Å². The number of nitrogens with one attached hydrogen (secondary N) is 1. The molecule has 0 atom stereocenters. The maximum Gasteiger partial charge on any atom is 0.0575 e. The third-order valence-corrected chi connectivity index (χ3v) is 3.47. The number of benzene rings is 1. The van der Waals surface area contributed by atoms with Gasteiger partial charge in [0.2, 0.25) is 0 Å². The van der Waals surface area contributed by atoms with Crippen molar-refractivity contribution in [2.24, 2.45) is 11.3 Å². The summed E-state index contributed by atoms with van der Waals surface area (Å²) in [4.78, 5) is 0. The molecule has 5 N–H and O–H groups in total. The third-order valence-electron chi connectivity index (χ3n) is 3.47. The fourth-order valence-electron chi connectivity index (χ4n) is 2.15. The van der Waals surface area contributed by atoms with Crippen molar-refractivity contribution in [2.45, 2.75) is 47.0 Å². The lowest BCUT2D eigenvalue weighted by atomic mass is 9.86. The average molecular weight is 263 g/mol. The SMILES string of the molecule is CC(C)CCCC(C)(C)CNc1ccc(N)cc1N. The Balaban J connectivity index is 2.45. The summed E-state index contributed by atoms with van der Waals surface area (Å²) in [5.41, 5.74) is 14.3. The van der Waals surface area contributed by atoms with Crippen LogP contribution in [0.25, 0.3) is 0 Å². The molecule has 0 aliphatic carbocycles.